The molecule has 3 N–H and O–H groups in total. The van der Waals surface area contributed by atoms with Crippen molar-refractivity contribution in [3.05, 3.63) is 0 Å². The quantitative estimate of drug-likeness (QED) is 0.820. The Bertz CT molecular complexity index is 338. The fourth-order valence-corrected chi connectivity index (χ4v) is 3.17. The number of ether oxygens (including phenoxy) is 1. The van der Waals surface area contributed by atoms with Gasteiger partial charge >= 0.3 is 6.09 Å². The first-order chi connectivity index (χ1) is 9.83. The average molecular weight is 297 g/mol. The van der Waals surface area contributed by atoms with E-state index in [-0.39, 0.29) is 6.09 Å². The van der Waals surface area contributed by atoms with E-state index in [2.05, 4.69) is 5.32 Å². The van der Waals surface area contributed by atoms with Gasteiger partial charge in [0.2, 0.25) is 0 Å². The molecule has 0 unspecified atom stereocenters. The predicted octanol–water partition coefficient (Wildman–Crippen LogP) is 2.25. The van der Waals surface area contributed by atoms with Gasteiger partial charge in [0.15, 0.2) is 0 Å². The molecule has 0 radical (unpaired) electrons. The molecular weight excluding hydrogens is 266 g/mol. The van der Waals surface area contributed by atoms with Crippen LogP contribution in [-0.4, -0.2) is 47.8 Å². The summed E-state index contributed by atoms with van der Waals surface area (Å²) < 4.78 is 5.43. The van der Waals surface area contributed by atoms with Crippen molar-refractivity contribution < 1.29 is 9.53 Å². The van der Waals surface area contributed by atoms with E-state index >= 15 is 0 Å². The maximum atomic E-state index is 12.0. The van der Waals surface area contributed by atoms with Gasteiger partial charge in [-0.05, 0) is 59.3 Å². The number of carbonyl (C=O) groups is 1. The second kappa shape index (κ2) is 6.97. The normalized spacial score (nSPS) is 28.5. The zero-order valence-electron chi connectivity index (χ0n) is 13.7. The second-order valence-electron chi connectivity index (χ2n) is 7.52. The summed E-state index contributed by atoms with van der Waals surface area (Å²) >= 11 is 0. The lowest BCUT2D eigenvalue weighted by Crippen LogP contribution is -2.49. The highest BCUT2D eigenvalue weighted by molar-refractivity contribution is 5.68. The van der Waals surface area contributed by atoms with E-state index in [9.17, 15) is 4.79 Å². The Kier molecular flexibility index (Phi) is 5.49. The molecule has 1 saturated carbocycles. The molecule has 5 nitrogen and oxygen atoms in total. The molecule has 21 heavy (non-hydrogen) atoms. The Morgan fingerprint density at radius 1 is 1.05 bits per heavy atom. The Morgan fingerprint density at radius 3 is 2.10 bits per heavy atom. The van der Waals surface area contributed by atoms with E-state index in [4.69, 9.17) is 10.5 Å². The Hall–Kier alpha value is -0.810. The summed E-state index contributed by atoms with van der Waals surface area (Å²) in [5.74, 6) is 0. The number of amides is 1. The van der Waals surface area contributed by atoms with Crippen molar-refractivity contribution >= 4 is 6.09 Å². The number of carbonyl (C=O) groups excluding carboxylic acids is 1. The second-order valence-corrected chi connectivity index (χ2v) is 7.52. The summed E-state index contributed by atoms with van der Waals surface area (Å²) in [4.78, 5) is 13.8. The third-order valence-electron chi connectivity index (χ3n) is 4.39. The smallest absolute Gasteiger partial charge is 0.410 e. The number of likely N-dealkylation sites (tertiary alicyclic amines) is 1. The molecule has 0 atom stereocenters. The van der Waals surface area contributed by atoms with Gasteiger partial charge in [0.05, 0.1) is 0 Å². The molecule has 1 saturated heterocycles. The fourth-order valence-electron chi connectivity index (χ4n) is 3.17. The molecule has 0 spiro atoms. The lowest BCUT2D eigenvalue weighted by atomic mass is 9.90. The number of nitrogens with two attached hydrogens (primary N) is 1. The molecule has 122 valence electrons. The molecule has 1 heterocycles. The van der Waals surface area contributed by atoms with E-state index < -0.39 is 5.60 Å². The van der Waals surface area contributed by atoms with Crippen LogP contribution in [0, 0.1) is 0 Å². The van der Waals surface area contributed by atoms with Crippen LogP contribution in [0.3, 0.4) is 0 Å². The average Bonchev–Trinajstić information content (AvgIpc) is 2.40. The molecule has 2 fully saturated rings. The first-order valence-corrected chi connectivity index (χ1v) is 8.33. The van der Waals surface area contributed by atoms with Gasteiger partial charge in [0, 0.05) is 31.2 Å². The minimum atomic E-state index is -0.410. The number of nitrogens with zero attached hydrogens (tertiary/aromatic N) is 1. The summed E-state index contributed by atoms with van der Waals surface area (Å²) in [5, 5.41) is 3.75. The number of nitrogens with one attached hydrogen (secondary N) is 1. The molecule has 0 aromatic carbocycles. The van der Waals surface area contributed by atoms with E-state index in [1.165, 1.54) is 12.8 Å². The number of hydrogen-bond acceptors (Lipinski definition) is 4. The van der Waals surface area contributed by atoms with Crippen LogP contribution in [0.1, 0.15) is 59.3 Å². The molecule has 2 aliphatic rings. The Balaban J connectivity index is 1.69. The van der Waals surface area contributed by atoms with E-state index in [0.717, 1.165) is 38.8 Å². The van der Waals surface area contributed by atoms with Crippen molar-refractivity contribution in [3.8, 4) is 0 Å². The van der Waals surface area contributed by atoms with Gasteiger partial charge < -0.3 is 20.7 Å². The lowest BCUT2D eigenvalue weighted by molar-refractivity contribution is 0.0194. The molecule has 0 aromatic rings. The molecule has 1 aliphatic heterocycles. The van der Waals surface area contributed by atoms with Crippen molar-refractivity contribution in [1.82, 2.24) is 10.2 Å². The van der Waals surface area contributed by atoms with Crippen LogP contribution in [0.15, 0.2) is 0 Å². The first-order valence-electron chi connectivity index (χ1n) is 8.33. The van der Waals surface area contributed by atoms with Gasteiger partial charge in [-0.25, -0.2) is 4.79 Å². The van der Waals surface area contributed by atoms with Gasteiger partial charge in [0.25, 0.3) is 0 Å². The van der Waals surface area contributed by atoms with Gasteiger partial charge in [-0.15, -0.1) is 0 Å². The van der Waals surface area contributed by atoms with Crippen LogP contribution in [0.2, 0.25) is 0 Å². The molecule has 1 aliphatic carbocycles. The van der Waals surface area contributed by atoms with Gasteiger partial charge in [0.1, 0.15) is 5.60 Å². The molecule has 1 amide bonds. The van der Waals surface area contributed by atoms with Crippen LogP contribution in [-0.2, 0) is 4.74 Å². The summed E-state index contributed by atoms with van der Waals surface area (Å²) in [6.45, 7) is 7.31. The lowest BCUT2D eigenvalue weighted by Gasteiger charge is -2.36. The maximum absolute atomic E-state index is 12.0. The van der Waals surface area contributed by atoms with Gasteiger partial charge in [-0.3, -0.25) is 0 Å². The van der Waals surface area contributed by atoms with Crippen LogP contribution in [0.25, 0.3) is 0 Å². The third kappa shape index (κ3) is 5.47. The highest BCUT2D eigenvalue weighted by Crippen LogP contribution is 2.20. The SMILES string of the molecule is CC(C)(C)OC(=O)N1CCC(NC2CCC(N)CC2)CC1. The number of hydrogen-bond donors (Lipinski definition) is 2. The zero-order valence-corrected chi connectivity index (χ0v) is 13.7. The molecule has 5 heteroatoms. The summed E-state index contributed by atoms with van der Waals surface area (Å²) in [5.41, 5.74) is 5.54. The van der Waals surface area contributed by atoms with Gasteiger partial charge in [-0.2, -0.15) is 0 Å². The van der Waals surface area contributed by atoms with Crippen molar-refractivity contribution in [2.75, 3.05) is 13.1 Å². The maximum Gasteiger partial charge on any atom is 0.410 e. The number of piperidine rings is 1. The molecular formula is C16H31N3O2. The van der Waals surface area contributed by atoms with Crippen molar-refractivity contribution in [2.24, 2.45) is 5.73 Å². The minimum absolute atomic E-state index is 0.176. The van der Waals surface area contributed by atoms with Crippen LogP contribution in [0.4, 0.5) is 4.79 Å². The van der Waals surface area contributed by atoms with Gasteiger partial charge in [-0.1, -0.05) is 0 Å². The predicted molar refractivity (Wildman–Crippen MR) is 84.2 cm³/mol. The highest BCUT2D eigenvalue weighted by Gasteiger charge is 2.28. The van der Waals surface area contributed by atoms with Crippen LogP contribution in [0.5, 0.6) is 0 Å². The third-order valence-corrected chi connectivity index (χ3v) is 4.39. The van der Waals surface area contributed by atoms with E-state index in [1.807, 2.05) is 25.7 Å². The Morgan fingerprint density at radius 2 is 1.57 bits per heavy atom. The fraction of sp³-hybridized carbons (Fsp3) is 0.938. The topological polar surface area (TPSA) is 67.6 Å². The van der Waals surface area contributed by atoms with Crippen molar-refractivity contribution in [1.29, 1.82) is 0 Å². The minimum Gasteiger partial charge on any atom is -0.444 e. The highest BCUT2D eigenvalue weighted by atomic mass is 16.6. The monoisotopic (exact) mass is 297 g/mol. The molecule has 2 rings (SSSR count). The largest absolute Gasteiger partial charge is 0.444 e. The summed E-state index contributed by atoms with van der Waals surface area (Å²) in [6.07, 6.45) is 6.50. The van der Waals surface area contributed by atoms with Crippen molar-refractivity contribution in [2.45, 2.75) is 83.0 Å². The van der Waals surface area contributed by atoms with Crippen molar-refractivity contribution in [3.63, 3.8) is 0 Å². The number of rotatable bonds is 2. The molecule has 0 aromatic heterocycles. The zero-order chi connectivity index (χ0) is 15.5. The summed E-state index contributed by atoms with van der Waals surface area (Å²) in [6, 6.07) is 1.54. The summed E-state index contributed by atoms with van der Waals surface area (Å²) in [7, 11) is 0. The van der Waals surface area contributed by atoms with Crippen LogP contribution < -0.4 is 11.1 Å². The van der Waals surface area contributed by atoms with E-state index in [0.29, 0.717) is 18.1 Å². The molecule has 0 bridgehead atoms. The first kappa shape index (κ1) is 16.6. The standard InChI is InChI=1S/C16H31N3O2/c1-16(2,3)21-15(20)19-10-8-14(9-11-19)18-13-6-4-12(17)5-7-13/h12-14,18H,4-11,17H2,1-3H3. The van der Waals surface area contributed by atoms with Crippen LogP contribution >= 0.6 is 0 Å². The Labute approximate surface area is 128 Å². The van der Waals surface area contributed by atoms with E-state index in [1.54, 1.807) is 0 Å².